The number of nitrogens with zero attached hydrogens (tertiary/aromatic N) is 2. The van der Waals surface area contributed by atoms with E-state index in [2.05, 4.69) is 27.7 Å². The van der Waals surface area contributed by atoms with E-state index in [1.165, 1.54) is 18.5 Å². The van der Waals surface area contributed by atoms with Crippen LogP contribution in [0.25, 0.3) is 0 Å². The topological polar surface area (TPSA) is 47.6 Å². The molecule has 1 saturated heterocycles. The maximum atomic E-state index is 12.1. The molecule has 0 unspecified atom stereocenters. The largest absolute Gasteiger partial charge is 0.378 e. The van der Waals surface area contributed by atoms with Crippen LogP contribution >= 0.6 is 0 Å². The van der Waals surface area contributed by atoms with Gasteiger partial charge in [-0.05, 0) is 61.4 Å². The van der Waals surface area contributed by atoms with Gasteiger partial charge >= 0.3 is 0 Å². The molecule has 5 nitrogen and oxygen atoms in total. The van der Waals surface area contributed by atoms with Crippen molar-refractivity contribution < 1.29 is 4.79 Å². The van der Waals surface area contributed by atoms with Crippen LogP contribution in [0, 0.1) is 0 Å². The van der Waals surface area contributed by atoms with E-state index in [4.69, 9.17) is 0 Å². The van der Waals surface area contributed by atoms with Crippen LogP contribution in [0.2, 0.25) is 0 Å². The number of hydrogen-bond acceptors (Lipinski definition) is 4. The van der Waals surface area contributed by atoms with Crippen molar-refractivity contribution in [1.29, 1.82) is 0 Å². The summed E-state index contributed by atoms with van der Waals surface area (Å²) in [5.74, 6) is -0.0504. The van der Waals surface area contributed by atoms with Crippen molar-refractivity contribution in [2.24, 2.45) is 0 Å². The number of nitrogens with one attached hydrogen (secondary N) is 2. The van der Waals surface area contributed by atoms with Crippen molar-refractivity contribution >= 4 is 28.7 Å². The minimum atomic E-state index is -0.0504. The number of carbonyl (C=O) groups excluding carboxylic acids is 1. The number of carbonyl (C=O) groups is 1. The smallest absolute Gasteiger partial charge is 0.243 e. The van der Waals surface area contributed by atoms with Gasteiger partial charge in [0.15, 0.2) is 0 Å². The van der Waals surface area contributed by atoms with Crippen LogP contribution in [-0.2, 0) is 4.79 Å². The van der Waals surface area contributed by atoms with Gasteiger partial charge in [-0.2, -0.15) is 0 Å². The Morgan fingerprint density at radius 3 is 2.16 bits per heavy atom. The van der Waals surface area contributed by atoms with Crippen molar-refractivity contribution in [3.05, 3.63) is 48.5 Å². The lowest BCUT2D eigenvalue weighted by Gasteiger charge is -2.18. The van der Waals surface area contributed by atoms with Crippen LogP contribution in [0.5, 0.6) is 0 Å². The van der Waals surface area contributed by atoms with E-state index >= 15 is 0 Å². The Labute approximate surface area is 149 Å². The number of benzene rings is 2. The second-order valence-corrected chi connectivity index (χ2v) is 6.58. The van der Waals surface area contributed by atoms with Crippen LogP contribution in [0.15, 0.2) is 48.5 Å². The van der Waals surface area contributed by atoms with Crippen LogP contribution in [-0.4, -0.2) is 39.6 Å². The van der Waals surface area contributed by atoms with Crippen LogP contribution in [0.1, 0.15) is 12.8 Å². The molecule has 0 saturated carbocycles. The number of hydrogen-bond donors (Lipinski definition) is 2. The first kappa shape index (κ1) is 17.1. The SMILES string of the molecule is CN(C)c1ccc(NCC(=O)Nc2ccc(N3CCCC3)cc2)cc1. The number of amides is 1. The molecule has 0 aliphatic carbocycles. The van der Waals surface area contributed by atoms with Crippen LogP contribution in [0.3, 0.4) is 0 Å². The molecule has 2 N–H and O–H groups in total. The molecule has 0 aromatic heterocycles. The average Bonchev–Trinajstić information content (AvgIpc) is 3.15. The van der Waals surface area contributed by atoms with E-state index in [9.17, 15) is 4.79 Å². The lowest BCUT2D eigenvalue weighted by atomic mass is 10.2. The van der Waals surface area contributed by atoms with E-state index in [0.29, 0.717) is 0 Å². The minimum Gasteiger partial charge on any atom is -0.378 e. The second-order valence-electron chi connectivity index (χ2n) is 6.58. The zero-order valence-electron chi connectivity index (χ0n) is 15.0. The zero-order chi connectivity index (χ0) is 17.6. The van der Waals surface area contributed by atoms with Gasteiger partial charge in [-0.1, -0.05) is 0 Å². The van der Waals surface area contributed by atoms with E-state index in [1.807, 2.05) is 55.4 Å². The first-order valence-corrected chi connectivity index (χ1v) is 8.78. The molecule has 25 heavy (non-hydrogen) atoms. The number of rotatable bonds is 6. The summed E-state index contributed by atoms with van der Waals surface area (Å²) >= 11 is 0. The highest BCUT2D eigenvalue weighted by Gasteiger charge is 2.12. The van der Waals surface area contributed by atoms with Crippen molar-refractivity contribution in [1.82, 2.24) is 0 Å². The lowest BCUT2D eigenvalue weighted by Crippen LogP contribution is -2.22. The Bertz CT molecular complexity index is 689. The monoisotopic (exact) mass is 338 g/mol. The molecule has 2 aromatic rings. The highest BCUT2D eigenvalue weighted by atomic mass is 16.1. The minimum absolute atomic E-state index is 0.0504. The summed E-state index contributed by atoms with van der Waals surface area (Å²) in [5.41, 5.74) is 4.13. The van der Waals surface area contributed by atoms with Gasteiger partial charge in [-0.25, -0.2) is 0 Å². The molecule has 1 aliphatic heterocycles. The number of anilines is 4. The molecule has 2 aromatic carbocycles. The maximum Gasteiger partial charge on any atom is 0.243 e. The van der Waals surface area contributed by atoms with Crippen molar-refractivity contribution in [2.45, 2.75) is 12.8 Å². The molecule has 132 valence electrons. The van der Waals surface area contributed by atoms with Gasteiger partial charge in [-0.15, -0.1) is 0 Å². The molecule has 1 aliphatic rings. The molecule has 0 bridgehead atoms. The Hall–Kier alpha value is -2.69. The molecule has 0 spiro atoms. The van der Waals surface area contributed by atoms with E-state index in [1.54, 1.807) is 0 Å². The fourth-order valence-corrected chi connectivity index (χ4v) is 3.00. The quantitative estimate of drug-likeness (QED) is 0.847. The fourth-order valence-electron chi connectivity index (χ4n) is 3.00. The Morgan fingerprint density at radius 1 is 0.960 bits per heavy atom. The predicted octanol–water partition coefficient (Wildman–Crippen LogP) is 3.40. The highest BCUT2D eigenvalue weighted by Crippen LogP contribution is 2.22. The maximum absolute atomic E-state index is 12.1. The molecule has 1 amide bonds. The summed E-state index contributed by atoms with van der Waals surface area (Å²) in [5, 5.41) is 6.08. The summed E-state index contributed by atoms with van der Waals surface area (Å²) in [6.07, 6.45) is 2.53. The second kappa shape index (κ2) is 7.92. The summed E-state index contributed by atoms with van der Waals surface area (Å²) < 4.78 is 0. The fraction of sp³-hybridized carbons (Fsp3) is 0.350. The van der Waals surface area contributed by atoms with Crippen molar-refractivity contribution in [2.75, 3.05) is 54.2 Å². The first-order valence-electron chi connectivity index (χ1n) is 8.78. The molecule has 1 heterocycles. The van der Waals surface area contributed by atoms with Crippen LogP contribution < -0.4 is 20.4 Å². The molecular weight excluding hydrogens is 312 g/mol. The van der Waals surface area contributed by atoms with Gasteiger partial charge in [0.25, 0.3) is 0 Å². The van der Waals surface area contributed by atoms with Gasteiger partial charge in [0.1, 0.15) is 0 Å². The summed E-state index contributed by atoms with van der Waals surface area (Å²) in [6.45, 7) is 2.50. The van der Waals surface area contributed by atoms with Gasteiger partial charge < -0.3 is 20.4 Å². The molecule has 5 heteroatoms. The van der Waals surface area contributed by atoms with E-state index in [0.717, 1.165) is 30.2 Å². The molecule has 0 radical (unpaired) electrons. The molecule has 1 fully saturated rings. The van der Waals surface area contributed by atoms with Gasteiger partial charge in [0, 0.05) is 49.9 Å². The predicted molar refractivity (Wildman–Crippen MR) is 106 cm³/mol. The van der Waals surface area contributed by atoms with Gasteiger partial charge in [0.2, 0.25) is 5.91 Å². The molecule has 3 rings (SSSR count). The third-order valence-corrected chi connectivity index (χ3v) is 4.46. The summed E-state index contributed by atoms with van der Waals surface area (Å²) in [6, 6.07) is 16.1. The highest BCUT2D eigenvalue weighted by molar-refractivity contribution is 5.93. The summed E-state index contributed by atoms with van der Waals surface area (Å²) in [7, 11) is 4.01. The van der Waals surface area contributed by atoms with Crippen LogP contribution in [0.4, 0.5) is 22.7 Å². The van der Waals surface area contributed by atoms with E-state index < -0.39 is 0 Å². The van der Waals surface area contributed by atoms with Gasteiger partial charge in [-0.3, -0.25) is 4.79 Å². The average molecular weight is 338 g/mol. The van der Waals surface area contributed by atoms with Crippen molar-refractivity contribution in [3.63, 3.8) is 0 Å². The molecule has 0 atom stereocenters. The standard InChI is InChI=1S/C20H26N4O/c1-23(2)18-9-5-16(6-10-18)21-15-20(25)22-17-7-11-19(12-8-17)24-13-3-4-14-24/h5-12,21H,3-4,13-15H2,1-2H3,(H,22,25). The Balaban J connectivity index is 1.48. The normalized spacial score (nSPS) is 13.6. The molecular formula is C20H26N4O. The third-order valence-electron chi connectivity index (χ3n) is 4.46. The first-order chi connectivity index (χ1) is 12.1. The lowest BCUT2D eigenvalue weighted by molar-refractivity contribution is -0.114. The van der Waals surface area contributed by atoms with E-state index in [-0.39, 0.29) is 12.5 Å². The third kappa shape index (κ3) is 4.66. The van der Waals surface area contributed by atoms with Gasteiger partial charge in [0.05, 0.1) is 6.54 Å². The zero-order valence-corrected chi connectivity index (χ0v) is 15.0. The Morgan fingerprint density at radius 2 is 1.56 bits per heavy atom. The van der Waals surface area contributed by atoms with Crippen molar-refractivity contribution in [3.8, 4) is 0 Å². The Kier molecular flexibility index (Phi) is 5.43. The summed E-state index contributed by atoms with van der Waals surface area (Å²) in [4.78, 5) is 16.5.